The van der Waals surface area contributed by atoms with Gasteiger partial charge in [0.15, 0.2) is 0 Å². The van der Waals surface area contributed by atoms with Crippen LogP contribution in [-0.2, 0) is 0 Å². The molecule has 2 aromatic carbocycles. The molecule has 1 saturated heterocycles. The molecule has 3 aromatic rings. The normalized spacial score (nSPS) is 14.0. The molecule has 1 amide bonds. The van der Waals surface area contributed by atoms with Crippen LogP contribution in [0.3, 0.4) is 0 Å². The van der Waals surface area contributed by atoms with Crippen LogP contribution in [0.5, 0.6) is 0 Å². The Bertz CT molecular complexity index is 986. The lowest BCUT2D eigenvalue weighted by molar-refractivity contribution is 0.0740. The standard InChI is InChI=1S/C22H22FN5O/c1-16-15-20(26-22(24-16)25-18-9-7-17(23)8-10-18)21(29)28-13-11-27(12-14-28)19-5-3-2-4-6-19/h2-10,15H,11-14H2,1H3,(H,24,25,26). The minimum absolute atomic E-state index is 0.106. The quantitative estimate of drug-likeness (QED) is 0.736. The summed E-state index contributed by atoms with van der Waals surface area (Å²) < 4.78 is 13.1. The summed E-state index contributed by atoms with van der Waals surface area (Å²) >= 11 is 0. The molecule has 29 heavy (non-hydrogen) atoms. The zero-order chi connectivity index (χ0) is 20.2. The molecule has 0 unspecified atom stereocenters. The highest BCUT2D eigenvalue weighted by Crippen LogP contribution is 2.18. The third-order valence-corrected chi connectivity index (χ3v) is 4.86. The van der Waals surface area contributed by atoms with Gasteiger partial charge >= 0.3 is 0 Å². The monoisotopic (exact) mass is 391 g/mol. The Morgan fingerprint density at radius 1 is 0.966 bits per heavy atom. The molecule has 0 atom stereocenters. The van der Waals surface area contributed by atoms with Crippen molar-refractivity contribution in [3.05, 3.63) is 77.9 Å². The van der Waals surface area contributed by atoms with Crippen LogP contribution >= 0.6 is 0 Å². The van der Waals surface area contributed by atoms with Crippen LogP contribution in [0.25, 0.3) is 0 Å². The van der Waals surface area contributed by atoms with E-state index in [2.05, 4.69) is 32.3 Å². The van der Waals surface area contributed by atoms with E-state index in [0.717, 1.165) is 13.1 Å². The van der Waals surface area contributed by atoms with Crippen molar-refractivity contribution in [2.45, 2.75) is 6.92 Å². The highest BCUT2D eigenvalue weighted by atomic mass is 19.1. The Morgan fingerprint density at radius 2 is 1.66 bits per heavy atom. The fraction of sp³-hybridized carbons (Fsp3) is 0.227. The molecule has 0 aliphatic carbocycles. The van der Waals surface area contributed by atoms with Crippen molar-refractivity contribution >= 4 is 23.2 Å². The number of carbonyl (C=O) groups excluding carboxylic acids is 1. The first kappa shape index (κ1) is 18.9. The largest absolute Gasteiger partial charge is 0.368 e. The number of carbonyl (C=O) groups is 1. The maximum Gasteiger partial charge on any atom is 0.272 e. The summed E-state index contributed by atoms with van der Waals surface area (Å²) in [6, 6.07) is 17.8. The van der Waals surface area contributed by atoms with Gasteiger partial charge in [0, 0.05) is 43.2 Å². The van der Waals surface area contributed by atoms with E-state index in [9.17, 15) is 9.18 Å². The fourth-order valence-electron chi connectivity index (χ4n) is 3.36. The van der Waals surface area contributed by atoms with Crippen molar-refractivity contribution in [1.82, 2.24) is 14.9 Å². The molecule has 2 heterocycles. The van der Waals surface area contributed by atoms with Crippen LogP contribution in [0, 0.1) is 12.7 Å². The zero-order valence-corrected chi connectivity index (χ0v) is 16.2. The summed E-state index contributed by atoms with van der Waals surface area (Å²) in [5, 5.41) is 3.03. The van der Waals surface area contributed by atoms with Gasteiger partial charge in [-0.25, -0.2) is 14.4 Å². The van der Waals surface area contributed by atoms with Crippen LogP contribution in [0.1, 0.15) is 16.2 Å². The number of halogens is 1. The molecule has 0 saturated carbocycles. The van der Waals surface area contributed by atoms with Crippen molar-refractivity contribution < 1.29 is 9.18 Å². The van der Waals surface area contributed by atoms with Crippen molar-refractivity contribution in [3.8, 4) is 0 Å². The number of hydrogen-bond donors (Lipinski definition) is 1. The van der Waals surface area contributed by atoms with Crippen LogP contribution in [0.4, 0.5) is 21.7 Å². The first-order chi connectivity index (χ1) is 14.1. The highest BCUT2D eigenvalue weighted by molar-refractivity contribution is 5.93. The number of nitrogens with zero attached hydrogens (tertiary/aromatic N) is 4. The lowest BCUT2D eigenvalue weighted by Gasteiger charge is -2.36. The van der Waals surface area contributed by atoms with Gasteiger partial charge in [0.2, 0.25) is 5.95 Å². The number of anilines is 3. The van der Waals surface area contributed by atoms with Crippen LogP contribution in [0.15, 0.2) is 60.7 Å². The lowest BCUT2D eigenvalue weighted by Crippen LogP contribution is -2.49. The minimum Gasteiger partial charge on any atom is -0.368 e. The Kier molecular flexibility index (Phi) is 5.37. The van der Waals surface area contributed by atoms with Crippen LogP contribution in [0.2, 0.25) is 0 Å². The number of piperazine rings is 1. The van der Waals surface area contributed by atoms with Crippen LogP contribution < -0.4 is 10.2 Å². The summed E-state index contributed by atoms with van der Waals surface area (Å²) in [7, 11) is 0. The van der Waals surface area contributed by atoms with Gasteiger partial charge in [0.05, 0.1) is 0 Å². The number of rotatable bonds is 4. The van der Waals surface area contributed by atoms with E-state index in [1.54, 1.807) is 18.2 Å². The third-order valence-electron chi connectivity index (χ3n) is 4.86. The highest BCUT2D eigenvalue weighted by Gasteiger charge is 2.24. The van der Waals surface area contributed by atoms with Gasteiger partial charge < -0.3 is 15.1 Å². The number of hydrogen-bond acceptors (Lipinski definition) is 5. The smallest absolute Gasteiger partial charge is 0.272 e. The van der Waals surface area contributed by atoms with E-state index in [1.165, 1.54) is 17.8 Å². The van der Waals surface area contributed by atoms with Crippen molar-refractivity contribution in [2.75, 3.05) is 36.4 Å². The minimum atomic E-state index is -0.314. The second-order valence-corrected chi connectivity index (χ2v) is 6.96. The summed E-state index contributed by atoms with van der Waals surface area (Å²) in [6.07, 6.45) is 0. The number of nitrogens with one attached hydrogen (secondary N) is 1. The Labute approximate surface area is 169 Å². The molecular weight excluding hydrogens is 369 g/mol. The summed E-state index contributed by atoms with van der Waals surface area (Å²) in [5.41, 5.74) is 2.88. The number of benzene rings is 2. The van der Waals surface area contributed by atoms with Crippen molar-refractivity contribution in [3.63, 3.8) is 0 Å². The average molecular weight is 391 g/mol. The van der Waals surface area contributed by atoms with E-state index in [-0.39, 0.29) is 11.7 Å². The molecule has 1 aliphatic rings. The number of aryl methyl sites for hydroxylation is 1. The first-order valence-electron chi connectivity index (χ1n) is 9.56. The van der Waals surface area contributed by atoms with E-state index in [4.69, 9.17) is 0 Å². The van der Waals surface area contributed by atoms with Gasteiger partial charge in [-0.05, 0) is 49.4 Å². The average Bonchev–Trinajstić information content (AvgIpc) is 2.75. The van der Waals surface area contributed by atoms with E-state index in [1.807, 2.05) is 30.0 Å². The molecular formula is C22H22FN5O. The summed E-state index contributed by atoms with van der Waals surface area (Å²) in [5.74, 6) is -0.0977. The van der Waals surface area contributed by atoms with Gasteiger partial charge in [0.1, 0.15) is 11.5 Å². The third kappa shape index (κ3) is 4.51. The van der Waals surface area contributed by atoms with E-state index in [0.29, 0.717) is 36.1 Å². The molecule has 6 nitrogen and oxygen atoms in total. The predicted molar refractivity (Wildman–Crippen MR) is 111 cm³/mol. The Balaban J connectivity index is 1.45. The molecule has 0 bridgehead atoms. The fourth-order valence-corrected chi connectivity index (χ4v) is 3.36. The Morgan fingerprint density at radius 3 is 2.34 bits per heavy atom. The molecule has 1 N–H and O–H groups in total. The second kappa shape index (κ2) is 8.26. The van der Waals surface area contributed by atoms with E-state index < -0.39 is 0 Å². The van der Waals surface area contributed by atoms with Gasteiger partial charge in [-0.15, -0.1) is 0 Å². The van der Waals surface area contributed by atoms with Gasteiger partial charge in [0.25, 0.3) is 5.91 Å². The summed E-state index contributed by atoms with van der Waals surface area (Å²) in [6.45, 7) is 4.65. The zero-order valence-electron chi connectivity index (χ0n) is 16.2. The maximum absolute atomic E-state index is 13.1. The van der Waals surface area contributed by atoms with Crippen LogP contribution in [-0.4, -0.2) is 47.0 Å². The number of para-hydroxylation sites is 1. The van der Waals surface area contributed by atoms with Gasteiger partial charge in [-0.2, -0.15) is 0 Å². The van der Waals surface area contributed by atoms with E-state index >= 15 is 0 Å². The summed E-state index contributed by atoms with van der Waals surface area (Å²) in [4.78, 5) is 25.8. The topological polar surface area (TPSA) is 61.4 Å². The predicted octanol–water partition coefficient (Wildman–Crippen LogP) is 3.63. The molecule has 7 heteroatoms. The molecule has 1 aliphatic heterocycles. The molecule has 0 radical (unpaired) electrons. The molecule has 4 rings (SSSR count). The first-order valence-corrected chi connectivity index (χ1v) is 9.56. The lowest BCUT2D eigenvalue weighted by atomic mass is 10.2. The number of aromatic nitrogens is 2. The molecule has 0 spiro atoms. The van der Waals surface area contributed by atoms with Gasteiger partial charge in [-0.3, -0.25) is 4.79 Å². The maximum atomic E-state index is 13.1. The SMILES string of the molecule is Cc1cc(C(=O)N2CCN(c3ccccc3)CC2)nc(Nc2ccc(F)cc2)n1. The second-order valence-electron chi connectivity index (χ2n) is 6.96. The number of amides is 1. The molecule has 1 fully saturated rings. The van der Waals surface area contributed by atoms with Crippen molar-refractivity contribution in [2.24, 2.45) is 0 Å². The Hall–Kier alpha value is -3.48. The van der Waals surface area contributed by atoms with Gasteiger partial charge in [-0.1, -0.05) is 18.2 Å². The van der Waals surface area contributed by atoms with Crippen molar-refractivity contribution in [1.29, 1.82) is 0 Å². The molecule has 148 valence electrons. The molecule has 1 aromatic heterocycles.